The van der Waals surface area contributed by atoms with Crippen molar-refractivity contribution in [3.8, 4) is 23.3 Å². The summed E-state index contributed by atoms with van der Waals surface area (Å²) in [6.45, 7) is 12.4. The highest BCUT2D eigenvalue weighted by molar-refractivity contribution is 5.94. The highest BCUT2D eigenvalue weighted by Gasteiger charge is 2.73. The third-order valence-electron chi connectivity index (χ3n) is 9.66. The van der Waals surface area contributed by atoms with E-state index in [4.69, 9.17) is 9.47 Å². The molecule has 1 saturated carbocycles. The molecule has 1 amide bonds. The van der Waals surface area contributed by atoms with E-state index in [9.17, 15) is 9.90 Å². The highest BCUT2D eigenvalue weighted by atomic mass is 16.5. The number of carbonyl (C=O) groups is 1. The van der Waals surface area contributed by atoms with Crippen LogP contribution in [-0.2, 0) is 16.6 Å². The second-order valence-electron chi connectivity index (χ2n) is 12.4. The number of carbonyl (C=O) groups excluding carboxylic acids is 1. The van der Waals surface area contributed by atoms with Gasteiger partial charge in [-0.15, -0.1) is 6.58 Å². The maximum Gasteiger partial charge on any atom is 0.299 e. The lowest BCUT2D eigenvalue weighted by Crippen LogP contribution is -2.78. The van der Waals surface area contributed by atoms with Crippen molar-refractivity contribution in [3.63, 3.8) is 0 Å². The van der Waals surface area contributed by atoms with E-state index in [1.54, 1.807) is 7.11 Å². The number of hydrogen-bond donors (Lipinski definition) is 1. The monoisotopic (exact) mass is 540 g/mol. The Bertz CT molecular complexity index is 1410. The number of hydrogen-bond acceptors (Lipinski definition) is 5. The molecule has 5 atom stereocenters. The minimum atomic E-state index is -0.972. The summed E-state index contributed by atoms with van der Waals surface area (Å²) in [4.78, 5) is 18.2. The molecule has 2 aromatic carbocycles. The van der Waals surface area contributed by atoms with Gasteiger partial charge in [0.25, 0.3) is 5.91 Å². The lowest BCUT2D eigenvalue weighted by atomic mass is 9.48. The Morgan fingerprint density at radius 2 is 2.15 bits per heavy atom. The zero-order valence-corrected chi connectivity index (χ0v) is 24.1. The van der Waals surface area contributed by atoms with Crippen molar-refractivity contribution in [2.45, 2.75) is 75.7 Å². The van der Waals surface area contributed by atoms with E-state index in [1.807, 2.05) is 48.2 Å². The molecule has 40 heavy (non-hydrogen) atoms. The number of piperidine rings is 1. The topological polar surface area (TPSA) is 62.2 Å². The molecule has 0 unspecified atom stereocenters. The van der Waals surface area contributed by atoms with Crippen LogP contribution in [0.15, 0.2) is 49.1 Å². The zero-order chi connectivity index (χ0) is 28.2. The zero-order valence-electron chi connectivity index (χ0n) is 24.1. The van der Waals surface area contributed by atoms with E-state index in [0.717, 1.165) is 48.4 Å². The number of rotatable bonds is 6. The average Bonchev–Trinajstić information content (AvgIpc) is 3.28. The third kappa shape index (κ3) is 3.89. The molecule has 2 aliphatic carbocycles. The highest BCUT2D eigenvalue weighted by Crippen LogP contribution is 2.66. The second kappa shape index (κ2) is 9.98. The number of aliphatic hydroxyl groups is 1. The minimum Gasteiger partial charge on any atom is -0.493 e. The molecule has 0 aromatic heterocycles. The Morgan fingerprint density at radius 3 is 2.88 bits per heavy atom. The van der Waals surface area contributed by atoms with Gasteiger partial charge in [0.15, 0.2) is 11.5 Å². The summed E-state index contributed by atoms with van der Waals surface area (Å²) in [6.07, 6.45) is 4.31. The van der Waals surface area contributed by atoms with Gasteiger partial charge in [-0.1, -0.05) is 44.0 Å². The third-order valence-corrected chi connectivity index (χ3v) is 9.66. The molecule has 2 heterocycles. The van der Waals surface area contributed by atoms with Crippen molar-refractivity contribution in [2.24, 2.45) is 5.92 Å². The van der Waals surface area contributed by atoms with Crippen molar-refractivity contribution in [2.75, 3.05) is 26.7 Å². The van der Waals surface area contributed by atoms with Crippen LogP contribution in [0.1, 0.15) is 55.4 Å². The molecule has 0 radical (unpaired) electrons. The van der Waals surface area contributed by atoms with Crippen LogP contribution in [0.5, 0.6) is 11.5 Å². The predicted molar refractivity (Wildman–Crippen MR) is 156 cm³/mol. The summed E-state index contributed by atoms with van der Waals surface area (Å²) in [5.74, 6) is 7.56. The van der Waals surface area contributed by atoms with Gasteiger partial charge < -0.3 is 19.5 Å². The Hall–Kier alpha value is -3.27. The molecular formula is C34H40N2O4. The molecule has 4 aliphatic rings. The van der Waals surface area contributed by atoms with E-state index in [2.05, 4.69) is 43.2 Å². The van der Waals surface area contributed by atoms with Gasteiger partial charge in [0, 0.05) is 36.2 Å². The molecule has 1 spiro atoms. The van der Waals surface area contributed by atoms with Crippen LogP contribution >= 0.6 is 0 Å². The van der Waals surface area contributed by atoms with Crippen LogP contribution in [-0.4, -0.2) is 71.3 Å². The Labute approximate surface area is 238 Å². The summed E-state index contributed by atoms with van der Waals surface area (Å²) in [5, 5.41) is 12.7. The van der Waals surface area contributed by atoms with Crippen LogP contribution in [0, 0.1) is 24.7 Å². The fourth-order valence-electron chi connectivity index (χ4n) is 8.14. The van der Waals surface area contributed by atoms with Crippen molar-refractivity contribution in [1.82, 2.24) is 9.80 Å². The molecule has 6 nitrogen and oxygen atoms in total. The Kier molecular flexibility index (Phi) is 6.71. The van der Waals surface area contributed by atoms with E-state index in [-0.39, 0.29) is 30.0 Å². The van der Waals surface area contributed by atoms with Crippen LogP contribution in [0.4, 0.5) is 0 Å². The molecule has 6 rings (SSSR count). The summed E-state index contributed by atoms with van der Waals surface area (Å²) >= 11 is 0. The molecule has 2 bridgehead atoms. The molecule has 210 valence electrons. The van der Waals surface area contributed by atoms with Crippen molar-refractivity contribution < 1.29 is 19.4 Å². The first-order chi connectivity index (χ1) is 19.2. The van der Waals surface area contributed by atoms with Gasteiger partial charge in [0.1, 0.15) is 6.10 Å². The second-order valence-corrected chi connectivity index (χ2v) is 12.4. The number of likely N-dealkylation sites (tertiary alicyclic amines) is 1. The lowest BCUT2D eigenvalue weighted by molar-refractivity contribution is -0.199. The first-order valence-corrected chi connectivity index (χ1v) is 14.6. The Morgan fingerprint density at radius 1 is 1.32 bits per heavy atom. The van der Waals surface area contributed by atoms with Gasteiger partial charge in [-0.3, -0.25) is 9.69 Å². The number of amides is 1. The van der Waals surface area contributed by atoms with Gasteiger partial charge in [0.05, 0.1) is 24.2 Å². The normalized spacial score (nSPS) is 29.6. The van der Waals surface area contributed by atoms with Gasteiger partial charge in [-0.25, -0.2) is 0 Å². The largest absolute Gasteiger partial charge is 0.493 e. The van der Waals surface area contributed by atoms with Crippen LogP contribution in [0.2, 0.25) is 0 Å². The maximum atomic E-state index is 13.9. The molecule has 1 N–H and O–H groups in total. The van der Waals surface area contributed by atoms with Gasteiger partial charge >= 0.3 is 0 Å². The first kappa shape index (κ1) is 26.9. The summed E-state index contributed by atoms with van der Waals surface area (Å²) < 4.78 is 12.7. The number of aryl methyl sites for hydroxylation is 1. The number of benzene rings is 2. The van der Waals surface area contributed by atoms with Gasteiger partial charge in [0.2, 0.25) is 0 Å². The van der Waals surface area contributed by atoms with Crippen molar-refractivity contribution >= 4 is 5.91 Å². The quantitative estimate of drug-likeness (QED) is 0.439. The van der Waals surface area contributed by atoms with E-state index in [1.165, 1.54) is 5.56 Å². The average molecular weight is 541 g/mol. The molecule has 2 aliphatic heterocycles. The molecule has 2 aromatic rings. The summed E-state index contributed by atoms with van der Waals surface area (Å²) in [6, 6.07) is 11.8. The lowest BCUT2D eigenvalue weighted by Gasteiger charge is -2.64. The Balaban J connectivity index is 1.44. The van der Waals surface area contributed by atoms with Gasteiger partial charge in [-0.2, -0.15) is 0 Å². The SMILES string of the molecule is C=CCN1CC[C@]23c4c5ccc(OC)c4O[C@H]2[C@H](N(CC(C)C)C(=O)C#Cc2cccc(C)c2)CC[C@@]3(O)[C@H]1C5. The van der Waals surface area contributed by atoms with Crippen molar-refractivity contribution in [1.29, 1.82) is 0 Å². The predicted octanol–water partition coefficient (Wildman–Crippen LogP) is 4.25. The molecular weight excluding hydrogens is 500 g/mol. The standard InChI is InChI=1S/C34H40N2O4/c1-6-17-35-18-16-33-30-25-11-12-27(39-5)31(30)40-32(33)26(14-15-34(33,38)28(35)20-25)36(21-22(2)3)29(37)13-10-24-9-7-8-23(4)19-24/h6-9,11-12,19,22,26,28,32,38H,1,14-18,20-21H2,2-5H3/t26-,28-,32+,33+,34-/m1/s1. The molecule has 2 fully saturated rings. The fraction of sp³-hybridized carbons (Fsp3) is 0.500. The fourth-order valence-corrected chi connectivity index (χ4v) is 8.14. The smallest absolute Gasteiger partial charge is 0.299 e. The molecule has 6 heteroatoms. The number of methoxy groups -OCH3 is 1. The summed E-state index contributed by atoms with van der Waals surface area (Å²) in [7, 11) is 1.67. The maximum absolute atomic E-state index is 13.9. The van der Waals surface area contributed by atoms with E-state index >= 15 is 0 Å². The van der Waals surface area contributed by atoms with E-state index in [0.29, 0.717) is 25.1 Å². The summed E-state index contributed by atoms with van der Waals surface area (Å²) in [5.41, 5.74) is 2.66. The number of nitrogens with zero attached hydrogens (tertiary/aromatic N) is 2. The van der Waals surface area contributed by atoms with E-state index < -0.39 is 11.0 Å². The van der Waals surface area contributed by atoms with Crippen molar-refractivity contribution in [3.05, 3.63) is 71.3 Å². The van der Waals surface area contributed by atoms with Crippen LogP contribution in [0.3, 0.4) is 0 Å². The molecule has 1 saturated heterocycles. The van der Waals surface area contributed by atoms with Gasteiger partial charge in [-0.05, 0) is 74.4 Å². The first-order valence-electron chi connectivity index (χ1n) is 14.6. The van der Waals surface area contributed by atoms with Crippen LogP contribution < -0.4 is 9.47 Å². The number of ether oxygens (including phenoxy) is 2. The minimum absolute atomic E-state index is 0.0338. The van der Waals surface area contributed by atoms with Crippen LogP contribution in [0.25, 0.3) is 0 Å².